The standard InChI is InChI=1S/C34H38O2/c1-20-11-12-29(17-22(20)3)33(35)30-14-13-27(23(4)18-30)19-28-15-16-32(26(7)25(28)6)34(36)31-10-8-9-21(2)24(31)5/h8-18,33-36H,19H2,1-7H3. The minimum absolute atomic E-state index is 0.633. The predicted octanol–water partition coefficient (Wildman–Crippen LogP) is 7.60. The average Bonchev–Trinajstić information content (AvgIpc) is 2.85. The minimum atomic E-state index is -0.634. The molecule has 0 radical (unpaired) electrons. The molecule has 0 saturated heterocycles. The first-order valence-electron chi connectivity index (χ1n) is 12.8. The number of aliphatic hydroxyl groups is 2. The van der Waals surface area contributed by atoms with Crippen molar-refractivity contribution in [1.82, 2.24) is 0 Å². The summed E-state index contributed by atoms with van der Waals surface area (Å²) >= 11 is 0. The quantitative estimate of drug-likeness (QED) is 0.299. The fourth-order valence-corrected chi connectivity index (χ4v) is 5.04. The second-order valence-electron chi connectivity index (χ2n) is 10.4. The van der Waals surface area contributed by atoms with Crippen molar-refractivity contribution in [2.24, 2.45) is 0 Å². The van der Waals surface area contributed by atoms with E-state index >= 15 is 0 Å². The second kappa shape index (κ2) is 10.4. The highest BCUT2D eigenvalue weighted by Crippen LogP contribution is 2.32. The van der Waals surface area contributed by atoms with Crippen molar-refractivity contribution in [1.29, 1.82) is 0 Å². The van der Waals surface area contributed by atoms with Crippen LogP contribution in [-0.2, 0) is 6.42 Å². The zero-order valence-electron chi connectivity index (χ0n) is 22.6. The first kappa shape index (κ1) is 25.9. The van der Waals surface area contributed by atoms with Gasteiger partial charge in [0.05, 0.1) is 0 Å². The number of rotatable bonds is 6. The molecule has 0 aliphatic heterocycles. The Morgan fingerprint density at radius 1 is 0.500 bits per heavy atom. The summed E-state index contributed by atoms with van der Waals surface area (Å²) in [7, 11) is 0. The lowest BCUT2D eigenvalue weighted by atomic mass is 9.87. The van der Waals surface area contributed by atoms with E-state index in [4.69, 9.17) is 0 Å². The smallest absolute Gasteiger partial charge is 0.105 e. The van der Waals surface area contributed by atoms with Gasteiger partial charge < -0.3 is 10.2 Å². The second-order valence-corrected chi connectivity index (χ2v) is 10.4. The average molecular weight is 479 g/mol. The monoisotopic (exact) mass is 478 g/mol. The van der Waals surface area contributed by atoms with Gasteiger partial charge in [-0.25, -0.2) is 0 Å². The van der Waals surface area contributed by atoms with Crippen LogP contribution in [-0.4, -0.2) is 10.2 Å². The third kappa shape index (κ3) is 5.02. The van der Waals surface area contributed by atoms with E-state index in [9.17, 15) is 10.2 Å². The maximum Gasteiger partial charge on any atom is 0.105 e. The van der Waals surface area contributed by atoms with E-state index in [-0.39, 0.29) is 0 Å². The lowest BCUT2D eigenvalue weighted by Crippen LogP contribution is -2.08. The number of aliphatic hydroxyl groups excluding tert-OH is 2. The van der Waals surface area contributed by atoms with Gasteiger partial charge in [-0.3, -0.25) is 0 Å². The van der Waals surface area contributed by atoms with E-state index in [1.807, 2.05) is 24.3 Å². The third-order valence-corrected chi connectivity index (χ3v) is 8.09. The maximum absolute atomic E-state index is 11.2. The van der Waals surface area contributed by atoms with Crippen molar-refractivity contribution >= 4 is 0 Å². The number of aryl methyl sites for hydroxylation is 4. The van der Waals surface area contributed by atoms with Gasteiger partial charge in [-0.1, -0.05) is 66.7 Å². The molecule has 4 rings (SSSR count). The fourth-order valence-electron chi connectivity index (χ4n) is 5.04. The Balaban J connectivity index is 1.58. The maximum atomic E-state index is 11.2. The summed E-state index contributed by atoms with van der Waals surface area (Å²) in [5.74, 6) is 0. The highest BCUT2D eigenvalue weighted by Gasteiger charge is 2.19. The Labute approximate surface area is 216 Å². The molecule has 0 aliphatic rings. The van der Waals surface area contributed by atoms with Crippen molar-refractivity contribution in [3.8, 4) is 0 Å². The van der Waals surface area contributed by atoms with Gasteiger partial charge in [0.2, 0.25) is 0 Å². The molecule has 0 spiro atoms. The molecule has 4 aromatic rings. The molecule has 2 unspecified atom stereocenters. The zero-order chi connectivity index (χ0) is 26.1. The third-order valence-electron chi connectivity index (χ3n) is 8.09. The molecule has 4 aromatic carbocycles. The van der Waals surface area contributed by atoms with Gasteiger partial charge >= 0.3 is 0 Å². The molecule has 0 aromatic heterocycles. The van der Waals surface area contributed by atoms with Crippen molar-refractivity contribution in [3.05, 3.63) is 139 Å². The van der Waals surface area contributed by atoms with Crippen LogP contribution in [0.1, 0.15) is 84.5 Å². The van der Waals surface area contributed by atoms with E-state index in [1.54, 1.807) is 0 Å². The molecular weight excluding hydrogens is 440 g/mol. The first-order valence-corrected chi connectivity index (χ1v) is 12.8. The van der Waals surface area contributed by atoms with Crippen molar-refractivity contribution < 1.29 is 10.2 Å². The predicted molar refractivity (Wildman–Crippen MR) is 150 cm³/mol. The van der Waals surface area contributed by atoms with E-state index < -0.39 is 12.2 Å². The molecule has 0 heterocycles. The summed E-state index contributed by atoms with van der Waals surface area (Å²) in [4.78, 5) is 0. The fraction of sp³-hybridized carbons (Fsp3) is 0.294. The van der Waals surface area contributed by atoms with E-state index in [2.05, 4.69) is 90.9 Å². The Hall–Kier alpha value is -3.20. The topological polar surface area (TPSA) is 40.5 Å². The number of hydrogen-bond acceptors (Lipinski definition) is 2. The largest absolute Gasteiger partial charge is 0.384 e. The Morgan fingerprint density at radius 3 is 1.78 bits per heavy atom. The molecule has 186 valence electrons. The van der Waals surface area contributed by atoms with Gasteiger partial charge in [0.1, 0.15) is 12.2 Å². The summed E-state index contributed by atoms with van der Waals surface area (Å²) in [5, 5.41) is 22.2. The molecule has 2 atom stereocenters. The summed E-state index contributed by atoms with van der Waals surface area (Å²) in [6.07, 6.45) is -0.448. The van der Waals surface area contributed by atoms with Gasteiger partial charge in [-0.2, -0.15) is 0 Å². The van der Waals surface area contributed by atoms with Crippen LogP contribution in [0.5, 0.6) is 0 Å². The van der Waals surface area contributed by atoms with E-state index in [0.29, 0.717) is 0 Å². The molecule has 36 heavy (non-hydrogen) atoms. The van der Waals surface area contributed by atoms with Gasteiger partial charge in [-0.15, -0.1) is 0 Å². The first-order chi connectivity index (χ1) is 17.1. The zero-order valence-corrected chi connectivity index (χ0v) is 22.6. The Bertz CT molecular complexity index is 1410. The lowest BCUT2D eigenvalue weighted by molar-refractivity contribution is 0.218. The van der Waals surface area contributed by atoms with Crippen molar-refractivity contribution in [2.45, 2.75) is 67.1 Å². The van der Waals surface area contributed by atoms with Gasteiger partial charge in [-0.05, 0) is 127 Å². The number of benzene rings is 4. The molecule has 2 nitrogen and oxygen atoms in total. The van der Waals surface area contributed by atoms with Crippen LogP contribution in [0.3, 0.4) is 0 Å². The lowest BCUT2D eigenvalue weighted by Gasteiger charge is -2.21. The molecule has 2 heteroatoms. The highest BCUT2D eigenvalue weighted by atomic mass is 16.3. The Morgan fingerprint density at radius 2 is 1.11 bits per heavy atom. The summed E-state index contributed by atoms with van der Waals surface area (Å²) < 4.78 is 0. The van der Waals surface area contributed by atoms with Crippen LogP contribution in [0.25, 0.3) is 0 Å². The molecule has 0 bridgehead atoms. The van der Waals surface area contributed by atoms with Crippen LogP contribution < -0.4 is 0 Å². The van der Waals surface area contributed by atoms with E-state index in [0.717, 1.165) is 39.8 Å². The van der Waals surface area contributed by atoms with Crippen LogP contribution in [0, 0.1) is 48.5 Å². The summed E-state index contributed by atoms with van der Waals surface area (Å²) in [6.45, 7) is 14.7. The molecule has 2 N–H and O–H groups in total. The molecular formula is C34H38O2. The van der Waals surface area contributed by atoms with Crippen LogP contribution in [0.4, 0.5) is 0 Å². The van der Waals surface area contributed by atoms with Crippen molar-refractivity contribution in [2.75, 3.05) is 0 Å². The summed E-state index contributed by atoms with van der Waals surface area (Å²) in [5.41, 5.74) is 14.6. The van der Waals surface area contributed by atoms with Crippen LogP contribution in [0.15, 0.2) is 66.7 Å². The minimum Gasteiger partial charge on any atom is -0.384 e. The Kier molecular flexibility index (Phi) is 7.49. The van der Waals surface area contributed by atoms with Crippen LogP contribution >= 0.6 is 0 Å². The highest BCUT2D eigenvalue weighted by molar-refractivity contribution is 5.48. The van der Waals surface area contributed by atoms with Crippen molar-refractivity contribution in [3.63, 3.8) is 0 Å². The SMILES string of the molecule is Cc1ccc(C(O)c2ccc(Cc3ccc(C(O)c4cccc(C)c4C)c(C)c3C)c(C)c2)cc1C. The molecule has 0 saturated carbocycles. The van der Waals surface area contributed by atoms with Gasteiger partial charge in [0.15, 0.2) is 0 Å². The number of hydrogen-bond donors (Lipinski definition) is 2. The normalized spacial score (nSPS) is 13.0. The van der Waals surface area contributed by atoms with Gasteiger partial charge in [0, 0.05) is 0 Å². The van der Waals surface area contributed by atoms with E-state index in [1.165, 1.54) is 38.9 Å². The molecule has 0 aliphatic carbocycles. The van der Waals surface area contributed by atoms with Crippen LogP contribution in [0.2, 0.25) is 0 Å². The molecule has 0 amide bonds. The summed E-state index contributed by atoms with van der Waals surface area (Å²) in [6, 6.07) is 22.8. The van der Waals surface area contributed by atoms with Gasteiger partial charge in [0.25, 0.3) is 0 Å². The molecule has 0 fully saturated rings.